The van der Waals surface area contributed by atoms with Crippen molar-refractivity contribution in [1.82, 2.24) is 10.6 Å². The van der Waals surface area contributed by atoms with E-state index in [2.05, 4.69) is 17.6 Å². The molecule has 0 rings (SSSR count). The van der Waals surface area contributed by atoms with Crippen LogP contribution in [0.3, 0.4) is 0 Å². The molecule has 0 saturated heterocycles. The first-order chi connectivity index (χ1) is 6.65. The molecule has 0 aliphatic heterocycles. The van der Waals surface area contributed by atoms with Crippen LogP contribution in [0.4, 0.5) is 0 Å². The molecule has 4 nitrogen and oxygen atoms in total. The lowest BCUT2D eigenvalue weighted by Crippen LogP contribution is -2.42. The summed E-state index contributed by atoms with van der Waals surface area (Å²) in [5, 5.41) is 14.5. The summed E-state index contributed by atoms with van der Waals surface area (Å²) in [5.41, 5.74) is 0. The first-order valence-electron chi connectivity index (χ1n) is 5.21. The number of aliphatic hydroxyl groups is 1. The maximum Gasteiger partial charge on any atom is 0.236 e. The van der Waals surface area contributed by atoms with Crippen molar-refractivity contribution in [2.75, 3.05) is 20.2 Å². The van der Waals surface area contributed by atoms with Crippen molar-refractivity contribution in [2.24, 2.45) is 5.92 Å². The van der Waals surface area contributed by atoms with Crippen molar-refractivity contribution in [1.29, 1.82) is 0 Å². The highest BCUT2D eigenvalue weighted by Gasteiger charge is 2.12. The molecule has 0 fully saturated rings. The summed E-state index contributed by atoms with van der Waals surface area (Å²) >= 11 is 0. The second-order valence-corrected chi connectivity index (χ2v) is 3.53. The predicted molar refractivity (Wildman–Crippen MR) is 57.0 cm³/mol. The van der Waals surface area contributed by atoms with E-state index in [0.29, 0.717) is 5.92 Å². The first kappa shape index (κ1) is 13.4. The van der Waals surface area contributed by atoms with Gasteiger partial charge in [-0.25, -0.2) is 0 Å². The van der Waals surface area contributed by atoms with Gasteiger partial charge in [-0.15, -0.1) is 0 Å². The molecule has 3 N–H and O–H groups in total. The van der Waals surface area contributed by atoms with Crippen LogP contribution in [0, 0.1) is 5.92 Å². The van der Waals surface area contributed by atoms with Gasteiger partial charge >= 0.3 is 0 Å². The molecule has 0 radical (unpaired) electrons. The van der Waals surface area contributed by atoms with Crippen LogP contribution in [0.25, 0.3) is 0 Å². The zero-order valence-corrected chi connectivity index (χ0v) is 9.34. The zero-order chi connectivity index (χ0) is 11.0. The quantitative estimate of drug-likeness (QED) is 0.549. The molecule has 14 heavy (non-hydrogen) atoms. The molecule has 0 aromatic rings. The van der Waals surface area contributed by atoms with Crippen LogP contribution in [-0.2, 0) is 4.79 Å². The SMILES string of the molecule is CCC(CCO)CNC(C)C(=O)NC. The van der Waals surface area contributed by atoms with E-state index in [9.17, 15) is 4.79 Å². The van der Waals surface area contributed by atoms with E-state index in [4.69, 9.17) is 5.11 Å². The number of aliphatic hydroxyl groups excluding tert-OH is 1. The van der Waals surface area contributed by atoms with Crippen molar-refractivity contribution in [3.05, 3.63) is 0 Å². The van der Waals surface area contributed by atoms with E-state index in [0.717, 1.165) is 19.4 Å². The average Bonchev–Trinajstić information content (AvgIpc) is 2.22. The van der Waals surface area contributed by atoms with Gasteiger partial charge in [-0.2, -0.15) is 0 Å². The van der Waals surface area contributed by atoms with E-state index >= 15 is 0 Å². The third kappa shape index (κ3) is 5.19. The Balaban J connectivity index is 3.72. The Bertz CT molecular complexity index is 162. The molecule has 2 atom stereocenters. The number of nitrogens with one attached hydrogen (secondary N) is 2. The maximum atomic E-state index is 11.1. The Morgan fingerprint density at radius 3 is 2.57 bits per heavy atom. The highest BCUT2D eigenvalue weighted by molar-refractivity contribution is 5.80. The monoisotopic (exact) mass is 202 g/mol. The van der Waals surface area contributed by atoms with Crippen molar-refractivity contribution >= 4 is 5.91 Å². The Morgan fingerprint density at radius 1 is 1.50 bits per heavy atom. The smallest absolute Gasteiger partial charge is 0.236 e. The normalized spacial score (nSPS) is 14.9. The summed E-state index contributed by atoms with van der Waals surface area (Å²) < 4.78 is 0. The minimum atomic E-state index is -0.159. The molecule has 4 heteroatoms. The topological polar surface area (TPSA) is 61.4 Å². The van der Waals surface area contributed by atoms with Crippen molar-refractivity contribution in [2.45, 2.75) is 32.7 Å². The lowest BCUT2D eigenvalue weighted by molar-refractivity contribution is -0.122. The predicted octanol–water partition coefficient (Wildman–Crippen LogP) is 0.119. The van der Waals surface area contributed by atoms with E-state index in [1.54, 1.807) is 7.05 Å². The fourth-order valence-electron chi connectivity index (χ4n) is 1.29. The molecular weight excluding hydrogens is 180 g/mol. The average molecular weight is 202 g/mol. The van der Waals surface area contributed by atoms with Gasteiger partial charge in [0.2, 0.25) is 5.91 Å². The van der Waals surface area contributed by atoms with Crippen LogP contribution in [0.2, 0.25) is 0 Å². The van der Waals surface area contributed by atoms with Crippen LogP contribution in [0.1, 0.15) is 26.7 Å². The van der Waals surface area contributed by atoms with Gasteiger partial charge in [0.05, 0.1) is 6.04 Å². The largest absolute Gasteiger partial charge is 0.396 e. The van der Waals surface area contributed by atoms with E-state index in [-0.39, 0.29) is 18.6 Å². The molecular formula is C10H22N2O2. The molecule has 0 spiro atoms. The fraction of sp³-hybridized carbons (Fsp3) is 0.900. The minimum absolute atomic E-state index is 0.00357. The standard InChI is InChI=1S/C10H22N2O2/c1-4-9(5-6-13)7-12-8(2)10(14)11-3/h8-9,12-13H,4-7H2,1-3H3,(H,11,14). The summed E-state index contributed by atoms with van der Waals surface area (Å²) in [6.45, 7) is 4.93. The van der Waals surface area contributed by atoms with Crippen molar-refractivity contribution < 1.29 is 9.90 Å². The second kappa shape index (κ2) is 7.76. The Morgan fingerprint density at radius 2 is 2.14 bits per heavy atom. The Labute approximate surface area is 86.1 Å². The van der Waals surface area contributed by atoms with Gasteiger partial charge < -0.3 is 15.7 Å². The molecule has 0 heterocycles. The van der Waals surface area contributed by atoms with Crippen molar-refractivity contribution in [3.63, 3.8) is 0 Å². The number of likely N-dealkylation sites (N-methyl/N-ethyl adjacent to an activating group) is 1. The van der Waals surface area contributed by atoms with Gasteiger partial charge in [0, 0.05) is 13.7 Å². The van der Waals surface area contributed by atoms with E-state index in [1.807, 2.05) is 6.92 Å². The van der Waals surface area contributed by atoms with Gasteiger partial charge in [0.1, 0.15) is 0 Å². The van der Waals surface area contributed by atoms with Gasteiger partial charge in [0.25, 0.3) is 0 Å². The summed E-state index contributed by atoms with van der Waals surface area (Å²) in [4.78, 5) is 11.1. The molecule has 0 aliphatic carbocycles. The number of carbonyl (C=O) groups is 1. The van der Waals surface area contributed by atoms with E-state index < -0.39 is 0 Å². The lowest BCUT2D eigenvalue weighted by atomic mass is 10.0. The summed E-state index contributed by atoms with van der Waals surface area (Å²) in [7, 11) is 1.63. The third-order valence-corrected chi connectivity index (χ3v) is 2.47. The van der Waals surface area contributed by atoms with Gasteiger partial charge in [-0.05, 0) is 25.8 Å². The summed E-state index contributed by atoms with van der Waals surface area (Å²) in [6, 6.07) is -0.159. The molecule has 0 aromatic carbocycles. The van der Waals surface area contributed by atoms with Gasteiger partial charge in [-0.3, -0.25) is 4.79 Å². The molecule has 2 unspecified atom stereocenters. The number of rotatable bonds is 7. The molecule has 1 amide bonds. The number of amides is 1. The van der Waals surface area contributed by atoms with Crippen LogP contribution in [-0.4, -0.2) is 37.3 Å². The van der Waals surface area contributed by atoms with Gasteiger partial charge in [-0.1, -0.05) is 13.3 Å². The first-order valence-corrected chi connectivity index (χ1v) is 5.21. The van der Waals surface area contributed by atoms with Gasteiger partial charge in [0.15, 0.2) is 0 Å². The Kier molecular flexibility index (Phi) is 7.42. The van der Waals surface area contributed by atoms with Crippen LogP contribution in [0.15, 0.2) is 0 Å². The van der Waals surface area contributed by atoms with E-state index in [1.165, 1.54) is 0 Å². The molecule has 0 aromatic heterocycles. The van der Waals surface area contributed by atoms with Crippen LogP contribution in [0.5, 0.6) is 0 Å². The zero-order valence-electron chi connectivity index (χ0n) is 9.34. The molecule has 84 valence electrons. The minimum Gasteiger partial charge on any atom is -0.396 e. The fourth-order valence-corrected chi connectivity index (χ4v) is 1.29. The molecule has 0 bridgehead atoms. The highest BCUT2D eigenvalue weighted by atomic mass is 16.3. The number of carbonyl (C=O) groups excluding carboxylic acids is 1. The number of hydrogen-bond acceptors (Lipinski definition) is 3. The lowest BCUT2D eigenvalue weighted by Gasteiger charge is -2.17. The molecule has 0 saturated carbocycles. The molecule has 0 aliphatic rings. The van der Waals surface area contributed by atoms with Crippen LogP contribution < -0.4 is 10.6 Å². The number of hydrogen-bond donors (Lipinski definition) is 3. The highest BCUT2D eigenvalue weighted by Crippen LogP contribution is 2.05. The third-order valence-electron chi connectivity index (χ3n) is 2.47. The van der Waals surface area contributed by atoms with Crippen LogP contribution >= 0.6 is 0 Å². The summed E-state index contributed by atoms with van der Waals surface area (Å²) in [6.07, 6.45) is 1.82. The Hall–Kier alpha value is -0.610. The van der Waals surface area contributed by atoms with Crippen molar-refractivity contribution in [3.8, 4) is 0 Å². The summed E-state index contributed by atoms with van der Waals surface area (Å²) in [5.74, 6) is 0.455. The second-order valence-electron chi connectivity index (χ2n) is 3.53. The maximum absolute atomic E-state index is 11.1.